The van der Waals surface area contributed by atoms with Gasteiger partial charge in [-0.15, -0.1) is 0 Å². The molecule has 28 heavy (non-hydrogen) atoms. The summed E-state index contributed by atoms with van der Waals surface area (Å²) in [5.41, 5.74) is 2.08. The van der Waals surface area contributed by atoms with Crippen molar-refractivity contribution in [2.75, 3.05) is 37.8 Å². The van der Waals surface area contributed by atoms with Gasteiger partial charge in [-0.1, -0.05) is 6.07 Å². The van der Waals surface area contributed by atoms with Crippen LogP contribution in [0.5, 0.6) is 0 Å². The predicted octanol–water partition coefficient (Wildman–Crippen LogP) is 2.58. The molecule has 0 bridgehead atoms. The van der Waals surface area contributed by atoms with E-state index in [9.17, 15) is 14.4 Å². The topological polar surface area (TPSA) is 90.5 Å². The number of carbonyl (C=O) groups is 3. The van der Waals surface area contributed by atoms with Crippen LogP contribution in [0.25, 0.3) is 0 Å². The summed E-state index contributed by atoms with van der Waals surface area (Å²) < 4.78 is 0. The molecule has 0 radical (unpaired) electrons. The van der Waals surface area contributed by atoms with E-state index in [4.69, 9.17) is 0 Å². The highest BCUT2D eigenvalue weighted by Crippen LogP contribution is 2.15. The molecule has 2 rings (SSSR count). The molecule has 2 aromatic rings. The second-order valence-corrected chi connectivity index (χ2v) is 6.71. The molecule has 0 saturated carbocycles. The minimum Gasteiger partial charge on any atom is -0.352 e. The fraction of sp³-hybridized carbons (Fsp3) is 0.286. The second-order valence-electron chi connectivity index (χ2n) is 6.71. The molecule has 0 heterocycles. The molecule has 0 aliphatic carbocycles. The highest BCUT2D eigenvalue weighted by Gasteiger charge is 2.11. The molecule has 0 spiro atoms. The molecule has 0 unspecified atom stereocenters. The zero-order valence-corrected chi connectivity index (χ0v) is 16.4. The van der Waals surface area contributed by atoms with Crippen molar-refractivity contribution in [1.82, 2.24) is 10.2 Å². The van der Waals surface area contributed by atoms with Gasteiger partial charge in [0.15, 0.2) is 0 Å². The molecular weight excluding hydrogens is 356 g/mol. The minimum atomic E-state index is -0.311. The van der Waals surface area contributed by atoms with E-state index in [1.54, 1.807) is 48.5 Å². The Morgan fingerprint density at radius 1 is 0.857 bits per heavy atom. The highest BCUT2D eigenvalue weighted by atomic mass is 16.2. The lowest BCUT2D eigenvalue weighted by Gasteiger charge is -2.11. The Balaban J connectivity index is 1.95. The Kier molecular flexibility index (Phi) is 7.71. The molecule has 0 aromatic heterocycles. The van der Waals surface area contributed by atoms with Gasteiger partial charge in [-0.05, 0) is 69.5 Å². The van der Waals surface area contributed by atoms with Gasteiger partial charge in [-0.3, -0.25) is 14.4 Å². The third-order valence-electron chi connectivity index (χ3n) is 3.92. The van der Waals surface area contributed by atoms with Gasteiger partial charge in [0.25, 0.3) is 11.8 Å². The molecule has 0 aliphatic rings. The predicted molar refractivity (Wildman–Crippen MR) is 111 cm³/mol. The smallest absolute Gasteiger partial charge is 0.255 e. The van der Waals surface area contributed by atoms with E-state index in [-0.39, 0.29) is 17.7 Å². The number of amides is 3. The fourth-order valence-corrected chi connectivity index (χ4v) is 2.54. The molecule has 7 heteroatoms. The van der Waals surface area contributed by atoms with Gasteiger partial charge in [0, 0.05) is 36.0 Å². The molecule has 2 aromatic carbocycles. The Morgan fingerprint density at radius 2 is 1.43 bits per heavy atom. The lowest BCUT2D eigenvalue weighted by Crippen LogP contribution is -2.27. The van der Waals surface area contributed by atoms with E-state index in [0.29, 0.717) is 29.0 Å². The van der Waals surface area contributed by atoms with Crippen LogP contribution in [0.4, 0.5) is 11.4 Å². The first-order chi connectivity index (χ1) is 13.3. The molecule has 0 fully saturated rings. The second kappa shape index (κ2) is 10.2. The van der Waals surface area contributed by atoms with Gasteiger partial charge in [-0.2, -0.15) is 0 Å². The number of benzene rings is 2. The third-order valence-corrected chi connectivity index (χ3v) is 3.92. The number of hydrogen-bond donors (Lipinski definition) is 3. The molecule has 148 valence electrons. The standard InChI is InChI=1S/C21H26N4O3/c1-15(26)23-18-8-10-19(11-9-18)24-21(28)17-7-4-6-16(14-17)20(27)22-12-5-13-25(2)3/h4,6-11,14H,5,12-13H2,1-3H3,(H,22,27)(H,23,26)(H,24,28). The normalized spacial score (nSPS) is 10.4. The number of nitrogens with zero attached hydrogens (tertiary/aromatic N) is 1. The quantitative estimate of drug-likeness (QED) is 0.612. The molecule has 3 amide bonds. The van der Waals surface area contributed by atoms with Crippen molar-refractivity contribution < 1.29 is 14.4 Å². The molecule has 0 saturated heterocycles. The number of nitrogens with one attached hydrogen (secondary N) is 3. The lowest BCUT2D eigenvalue weighted by atomic mass is 10.1. The summed E-state index contributed by atoms with van der Waals surface area (Å²) in [6.45, 7) is 2.90. The largest absolute Gasteiger partial charge is 0.352 e. The van der Waals surface area contributed by atoms with Crippen LogP contribution in [0.1, 0.15) is 34.1 Å². The summed E-state index contributed by atoms with van der Waals surface area (Å²) in [6.07, 6.45) is 0.855. The van der Waals surface area contributed by atoms with Crippen LogP contribution in [-0.2, 0) is 4.79 Å². The van der Waals surface area contributed by atoms with E-state index < -0.39 is 0 Å². The van der Waals surface area contributed by atoms with Crippen LogP contribution < -0.4 is 16.0 Å². The van der Waals surface area contributed by atoms with Crippen molar-refractivity contribution in [3.05, 3.63) is 59.7 Å². The summed E-state index contributed by atoms with van der Waals surface area (Å²) in [6, 6.07) is 13.4. The summed E-state index contributed by atoms with van der Waals surface area (Å²) in [5, 5.41) is 8.31. The molecule has 0 atom stereocenters. The van der Waals surface area contributed by atoms with Crippen molar-refractivity contribution >= 4 is 29.1 Å². The summed E-state index contributed by atoms with van der Waals surface area (Å²) >= 11 is 0. The van der Waals surface area contributed by atoms with Gasteiger partial charge >= 0.3 is 0 Å². The van der Waals surface area contributed by atoms with E-state index in [0.717, 1.165) is 13.0 Å². The first kappa shape index (κ1) is 21.1. The van der Waals surface area contributed by atoms with Gasteiger partial charge in [0.05, 0.1) is 0 Å². The maximum Gasteiger partial charge on any atom is 0.255 e. The maximum atomic E-state index is 12.5. The summed E-state index contributed by atoms with van der Waals surface area (Å²) in [4.78, 5) is 37.8. The van der Waals surface area contributed by atoms with Crippen LogP contribution in [0.15, 0.2) is 48.5 Å². The zero-order valence-electron chi connectivity index (χ0n) is 16.4. The SMILES string of the molecule is CC(=O)Nc1ccc(NC(=O)c2cccc(C(=O)NCCCN(C)C)c2)cc1. The van der Waals surface area contributed by atoms with Crippen LogP contribution in [0, 0.1) is 0 Å². The lowest BCUT2D eigenvalue weighted by molar-refractivity contribution is -0.114. The van der Waals surface area contributed by atoms with Crippen molar-refractivity contribution in [3.63, 3.8) is 0 Å². The van der Waals surface area contributed by atoms with Crippen molar-refractivity contribution in [2.24, 2.45) is 0 Å². The average Bonchev–Trinajstić information content (AvgIpc) is 2.66. The maximum absolute atomic E-state index is 12.5. The van der Waals surface area contributed by atoms with Crippen molar-refractivity contribution in [3.8, 4) is 0 Å². The first-order valence-corrected chi connectivity index (χ1v) is 9.07. The Hall–Kier alpha value is -3.19. The molecular formula is C21H26N4O3. The van der Waals surface area contributed by atoms with E-state index >= 15 is 0 Å². The van der Waals surface area contributed by atoms with E-state index in [1.807, 2.05) is 14.1 Å². The number of carbonyl (C=O) groups excluding carboxylic acids is 3. The van der Waals surface area contributed by atoms with Crippen LogP contribution >= 0.6 is 0 Å². The van der Waals surface area contributed by atoms with Gasteiger partial charge in [0.1, 0.15) is 0 Å². The number of rotatable bonds is 8. The average molecular weight is 382 g/mol. The Labute approximate surface area is 165 Å². The number of anilines is 2. The Bertz CT molecular complexity index is 832. The number of hydrogen-bond acceptors (Lipinski definition) is 4. The fourth-order valence-electron chi connectivity index (χ4n) is 2.54. The van der Waals surface area contributed by atoms with E-state index in [2.05, 4.69) is 20.9 Å². The molecule has 7 nitrogen and oxygen atoms in total. The van der Waals surface area contributed by atoms with Crippen LogP contribution in [-0.4, -0.2) is 49.8 Å². The summed E-state index contributed by atoms with van der Waals surface area (Å²) in [5.74, 6) is -0.670. The van der Waals surface area contributed by atoms with Crippen LogP contribution in [0.2, 0.25) is 0 Å². The van der Waals surface area contributed by atoms with E-state index in [1.165, 1.54) is 6.92 Å². The van der Waals surface area contributed by atoms with Gasteiger partial charge in [-0.25, -0.2) is 0 Å². The molecule has 3 N–H and O–H groups in total. The third kappa shape index (κ3) is 6.85. The van der Waals surface area contributed by atoms with Gasteiger partial charge in [0.2, 0.25) is 5.91 Å². The Morgan fingerprint density at radius 3 is 2.00 bits per heavy atom. The highest BCUT2D eigenvalue weighted by molar-refractivity contribution is 6.06. The summed E-state index contributed by atoms with van der Waals surface area (Å²) in [7, 11) is 3.97. The zero-order chi connectivity index (χ0) is 20.5. The molecule has 0 aliphatic heterocycles. The minimum absolute atomic E-state index is 0.159. The monoisotopic (exact) mass is 382 g/mol. The van der Waals surface area contributed by atoms with Crippen molar-refractivity contribution in [1.29, 1.82) is 0 Å². The van der Waals surface area contributed by atoms with Gasteiger partial charge < -0.3 is 20.9 Å². The van der Waals surface area contributed by atoms with Crippen LogP contribution in [0.3, 0.4) is 0 Å². The first-order valence-electron chi connectivity index (χ1n) is 9.07. The van der Waals surface area contributed by atoms with Crippen molar-refractivity contribution in [2.45, 2.75) is 13.3 Å².